The normalized spacial score (nSPS) is 28.0. The van der Waals surface area contributed by atoms with E-state index in [9.17, 15) is 4.79 Å². The summed E-state index contributed by atoms with van der Waals surface area (Å²) < 4.78 is 11.7. The van der Waals surface area contributed by atoms with Gasteiger partial charge in [-0.2, -0.15) is 0 Å². The fourth-order valence-electron chi connectivity index (χ4n) is 5.47. The molecule has 1 aromatic carbocycles. The van der Waals surface area contributed by atoms with E-state index in [1.807, 2.05) is 0 Å². The van der Waals surface area contributed by atoms with Gasteiger partial charge in [-0.05, 0) is 56.0 Å². The number of halogens is 1. The van der Waals surface area contributed by atoms with Crippen molar-refractivity contribution in [2.45, 2.75) is 50.5 Å². The maximum Gasteiger partial charge on any atom is 0.227 e. The van der Waals surface area contributed by atoms with Crippen LogP contribution < -0.4 is 14.8 Å². The predicted octanol–water partition coefficient (Wildman–Crippen LogP) is 3.20. The number of carbonyl (C=O) groups excluding carboxylic acids is 1. The van der Waals surface area contributed by atoms with E-state index in [0.717, 1.165) is 37.6 Å². The number of hydrogen-bond acceptors (Lipinski definition) is 4. The largest absolute Gasteiger partial charge is 0.486 e. The minimum Gasteiger partial charge on any atom is -0.486 e. The molecule has 6 heteroatoms. The zero-order valence-corrected chi connectivity index (χ0v) is 16.8. The zero-order valence-electron chi connectivity index (χ0n) is 16.0. The van der Waals surface area contributed by atoms with Gasteiger partial charge < -0.3 is 19.7 Å². The number of nitrogens with zero attached hydrogens (tertiary/aromatic N) is 1. The first kappa shape index (κ1) is 18.9. The van der Waals surface area contributed by atoms with E-state index >= 15 is 0 Å². The Hall–Kier alpha value is -1.46. The van der Waals surface area contributed by atoms with Crippen molar-refractivity contribution in [3.63, 3.8) is 0 Å². The molecule has 3 aliphatic heterocycles. The van der Waals surface area contributed by atoms with Crippen LogP contribution >= 0.6 is 12.4 Å². The highest BCUT2D eigenvalue weighted by Crippen LogP contribution is 2.52. The highest BCUT2D eigenvalue weighted by molar-refractivity contribution is 5.85. The highest BCUT2D eigenvalue weighted by atomic mass is 35.5. The lowest BCUT2D eigenvalue weighted by Gasteiger charge is -2.47. The molecular weight excluding hydrogens is 364 g/mol. The third-order valence-electron chi connectivity index (χ3n) is 6.93. The molecule has 148 valence electrons. The second kappa shape index (κ2) is 7.17. The molecule has 1 aromatic rings. The molecule has 1 N–H and O–H groups in total. The standard InChI is InChI=1S/C21H28N2O3.ClH/c1-14-16-10-18-19(26-9-8-25-18)11-17(16)21(5-2-3-6-21)13-23(14)20(24)15-4-7-22-12-15;/h10-11,14-15,22H,2-9,12-13H2,1H3;1H. The topological polar surface area (TPSA) is 50.8 Å². The molecule has 0 aromatic heterocycles. The summed E-state index contributed by atoms with van der Waals surface area (Å²) in [4.78, 5) is 15.4. The number of ether oxygens (including phenoxy) is 2. The molecule has 4 aliphatic rings. The molecule has 5 nitrogen and oxygen atoms in total. The Morgan fingerprint density at radius 1 is 1.19 bits per heavy atom. The summed E-state index contributed by atoms with van der Waals surface area (Å²) in [7, 11) is 0. The van der Waals surface area contributed by atoms with Crippen LogP contribution in [-0.2, 0) is 10.2 Å². The second-order valence-corrected chi connectivity index (χ2v) is 8.40. The van der Waals surface area contributed by atoms with Crippen LogP contribution in [0.1, 0.15) is 56.2 Å². The molecule has 27 heavy (non-hydrogen) atoms. The van der Waals surface area contributed by atoms with E-state index in [2.05, 4.69) is 29.3 Å². The molecule has 3 heterocycles. The molecule has 2 atom stereocenters. The summed E-state index contributed by atoms with van der Waals surface area (Å²) in [6, 6.07) is 4.48. The van der Waals surface area contributed by atoms with E-state index in [1.54, 1.807) is 0 Å². The van der Waals surface area contributed by atoms with Crippen LogP contribution in [0, 0.1) is 5.92 Å². The molecule has 1 aliphatic carbocycles. The molecule has 1 saturated carbocycles. The van der Waals surface area contributed by atoms with Gasteiger partial charge in [0.1, 0.15) is 13.2 Å². The van der Waals surface area contributed by atoms with Crippen LogP contribution in [0.3, 0.4) is 0 Å². The van der Waals surface area contributed by atoms with Crippen molar-refractivity contribution in [2.75, 3.05) is 32.8 Å². The van der Waals surface area contributed by atoms with Gasteiger partial charge in [0.15, 0.2) is 11.5 Å². The number of benzene rings is 1. The average molecular weight is 393 g/mol. The first-order valence-corrected chi connectivity index (χ1v) is 10.1. The Labute approximate surface area is 167 Å². The fraction of sp³-hybridized carbons (Fsp3) is 0.667. The van der Waals surface area contributed by atoms with Crippen LogP contribution in [0.15, 0.2) is 12.1 Å². The van der Waals surface area contributed by atoms with Crippen molar-refractivity contribution in [3.8, 4) is 11.5 Å². The van der Waals surface area contributed by atoms with Gasteiger partial charge in [-0.15, -0.1) is 12.4 Å². The Morgan fingerprint density at radius 3 is 2.56 bits per heavy atom. The third kappa shape index (κ3) is 2.99. The van der Waals surface area contributed by atoms with E-state index < -0.39 is 0 Å². The van der Waals surface area contributed by atoms with Crippen molar-refractivity contribution in [2.24, 2.45) is 5.92 Å². The van der Waals surface area contributed by atoms with E-state index in [-0.39, 0.29) is 29.8 Å². The van der Waals surface area contributed by atoms with Gasteiger partial charge in [-0.3, -0.25) is 4.79 Å². The van der Waals surface area contributed by atoms with Crippen LogP contribution in [0.4, 0.5) is 0 Å². The molecular formula is C21H29ClN2O3. The van der Waals surface area contributed by atoms with Crippen molar-refractivity contribution >= 4 is 18.3 Å². The summed E-state index contributed by atoms with van der Waals surface area (Å²) in [5.41, 5.74) is 2.77. The molecule has 1 spiro atoms. The van der Waals surface area contributed by atoms with Gasteiger partial charge in [0.25, 0.3) is 0 Å². The lowest BCUT2D eigenvalue weighted by atomic mass is 9.71. The number of carbonyl (C=O) groups is 1. The first-order valence-electron chi connectivity index (χ1n) is 10.1. The number of nitrogens with one attached hydrogen (secondary N) is 1. The minimum atomic E-state index is 0. The predicted molar refractivity (Wildman–Crippen MR) is 106 cm³/mol. The Morgan fingerprint density at radius 2 is 1.89 bits per heavy atom. The molecule has 0 radical (unpaired) electrons. The van der Waals surface area contributed by atoms with Gasteiger partial charge in [-0.1, -0.05) is 12.8 Å². The quantitative estimate of drug-likeness (QED) is 0.797. The second-order valence-electron chi connectivity index (χ2n) is 8.40. The lowest BCUT2D eigenvalue weighted by molar-refractivity contribution is -0.139. The molecule has 5 rings (SSSR count). The molecule has 1 saturated heterocycles. The minimum absolute atomic E-state index is 0. The van der Waals surface area contributed by atoms with Gasteiger partial charge >= 0.3 is 0 Å². The van der Waals surface area contributed by atoms with Crippen molar-refractivity contribution in [1.29, 1.82) is 0 Å². The maximum atomic E-state index is 13.3. The molecule has 2 unspecified atom stereocenters. The summed E-state index contributed by atoms with van der Waals surface area (Å²) in [6.45, 7) is 6.03. The summed E-state index contributed by atoms with van der Waals surface area (Å²) in [5, 5.41) is 3.34. The average Bonchev–Trinajstić information content (AvgIpc) is 3.36. The Balaban J connectivity index is 0.00000180. The number of rotatable bonds is 1. The smallest absolute Gasteiger partial charge is 0.227 e. The van der Waals surface area contributed by atoms with E-state index in [0.29, 0.717) is 19.1 Å². The monoisotopic (exact) mass is 392 g/mol. The Kier molecular flexibility index (Phi) is 5.02. The van der Waals surface area contributed by atoms with Crippen molar-refractivity contribution in [1.82, 2.24) is 10.2 Å². The van der Waals surface area contributed by atoms with Crippen LogP contribution in [0.5, 0.6) is 11.5 Å². The van der Waals surface area contributed by atoms with Crippen LogP contribution in [0.2, 0.25) is 0 Å². The van der Waals surface area contributed by atoms with Crippen molar-refractivity contribution < 1.29 is 14.3 Å². The number of fused-ring (bicyclic) bond motifs is 3. The number of amides is 1. The fourth-order valence-corrected chi connectivity index (χ4v) is 5.47. The highest BCUT2D eigenvalue weighted by Gasteiger charge is 2.47. The van der Waals surface area contributed by atoms with Crippen LogP contribution in [-0.4, -0.2) is 43.7 Å². The van der Waals surface area contributed by atoms with Crippen molar-refractivity contribution in [3.05, 3.63) is 23.3 Å². The zero-order chi connectivity index (χ0) is 17.7. The SMILES string of the molecule is CC1c2cc3c(cc2C2(CCCC2)CN1C(=O)C1CCNC1)OCCO3.Cl. The first-order chi connectivity index (χ1) is 12.7. The number of hydrogen-bond donors (Lipinski definition) is 1. The van der Waals surface area contributed by atoms with Gasteiger partial charge in [-0.25, -0.2) is 0 Å². The van der Waals surface area contributed by atoms with E-state index in [1.165, 1.54) is 36.8 Å². The lowest BCUT2D eigenvalue weighted by Crippen LogP contribution is -2.50. The summed E-state index contributed by atoms with van der Waals surface area (Å²) in [6.07, 6.45) is 5.78. The van der Waals surface area contributed by atoms with Crippen LogP contribution in [0.25, 0.3) is 0 Å². The van der Waals surface area contributed by atoms with Gasteiger partial charge in [0, 0.05) is 18.5 Å². The van der Waals surface area contributed by atoms with Gasteiger partial charge in [0.2, 0.25) is 5.91 Å². The summed E-state index contributed by atoms with van der Waals surface area (Å²) in [5.74, 6) is 2.18. The molecule has 0 bridgehead atoms. The van der Waals surface area contributed by atoms with E-state index in [4.69, 9.17) is 9.47 Å². The Bertz CT molecular complexity index is 726. The maximum absolute atomic E-state index is 13.3. The molecule has 2 fully saturated rings. The third-order valence-corrected chi connectivity index (χ3v) is 6.93. The summed E-state index contributed by atoms with van der Waals surface area (Å²) >= 11 is 0. The van der Waals surface area contributed by atoms with Gasteiger partial charge in [0.05, 0.1) is 12.0 Å². The molecule has 1 amide bonds.